The van der Waals surface area contributed by atoms with E-state index in [2.05, 4.69) is 34.2 Å². The summed E-state index contributed by atoms with van der Waals surface area (Å²) in [5, 5.41) is 2.93. The molecule has 4 heteroatoms. The zero-order chi connectivity index (χ0) is 15.9. The number of likely N-dealkylation sites (N-methyl/N-ethyl adjacent to an activating group) is 1. The van der Waals surface area contributed by atoms with Gasteiger partial charge in [0.15, 0.2) is 0 Å². The van der Waals surface area contributed by atoms with Crippen molar-refractivity contribution in [1.29, 1.82) is 0 Å². The fourth-order valence-electron chi connectivity index (χ4n) is 2.24. The van der Waals surface area contributed by atoms with Gasteiger partial charge in [0.2, 0.25) is 5.91 Å². The number of aryl methyl sites for hydroxylation is 1. The molecule has 0 radical (unpaired) electrons. The smallest absolute Gasteiger partial charge is 0.238 e. The lowest BCUT2D eigenvalue weighted by Crippen LogP contribution is -2.29. The van der Waals surface area contributed by atoms with E-state index in [0.29, 0.717) is 6.54 Å². The molecule has 0 aliphatic heterocycles. The molecule has 116 valence electrons. The van der Waals surface area contributed by atoms with E-state index in [0.717, 1.165) is 23.1 Å². The normalized spacial score (nSPS) is 10.7. The molecule has 2 aromatic carbocycles. The minimum atomic E-state index is -0.00111. The maximum Gasteiger partial charge on any atom is 0.238 e. The topological polar surface area (TPSA) is 32.3 Å². The van der Waals surface area contributed by atoms with E-state index in [-0.39, 0.29) is 5.91 Å². The molecule has 0 atom stereocenters. The second-order valence-corrected chi connectivity index (χ2v) is 6.22. The maximum atomic E-state index is 12.1. The van der Waals surface area contributed by atoms with Gasteiger partial charge in [-0.05, 0) is 42.8 Å². The van der Waals surface area contributed by atoms with Gasteiger partial charge in [0.1, 0.15) is 0 Å². The number of rotatable bonds is 6. The first kappa shape index (κ1) is 16.7. The molecule has 0 unspecified atom stereocenters. The molecule has 0 aliphatic rings. The van der Waals surface area contributed by atoms with E-state index in [9.17, 15) is 4.79 Å². The van der Waals surface area contributed by atoms with Crippen molar-refractivity contribution in [3.63, 3.8) is 0 Å². The van der Waals surface area contributed by atoms with Gasteiger partial charge in [0.05, 0.1) is 6.54 Å². The number of hydrogen-bond donors (Lipinski definition) is 1. The minimum Gasteiger partial charge on any atom is -0.325 e. The highest BCUT2D eigenvalue weighted by molar-refractivity contribution is 9.10. The Morgan fingerprint density at radius 1 is 1.14 bits per heavy atom. The van der Waals surface area contributed by atoms with Crippen LogP contribution >= 0.6 is 15.9 Å². The fourth-order valence-corrected chi connectivity index (χ4v) is 2.65. The van der Waals surface area contributed by atoms with E-state index in [1.165, 1.54) is 11.1 Å². The summed E-state index contributed by atoms with van der Waals surface area (Å²) in [7, 11) is 1.94. The Morgan fingerprint density at radius 2 is 1.82 bits per heavy atom. The van der Waals surface area contributed by atoms with Crippen molar-refractivity contribution in [2.75, 3.05) is 18.9 Å². The molecule has 0 heterocycles. The number of benzene rings is 2. The molecule has 1 amide bonds. The van der Waals surface area contributed by atoms with Crippen LogP contribution in [0.5, 0.6) is 0 Å². The van der Waals surface area contributed by atoms with Crippen molar-refractivity contribution in [2.24, 2.45) is 0 Å². The lowest BCUT2D eigenvalue weighted by molar-refractivity contribution is -0.117. The zero-order valence-corrected chi connectivity index (χ0v) is 14.6. The average molecular weight is 361 g/mol. The molecule has 22 heavy (non-hydrogen) atoms. The molecule has 2 rings (SSSR count). The first-order chi connectivity index (χ1) is 10.6. The van der Waals surface area contributed by atoms with Gasteiger partial charge in [-0.1, -0.05) is 53.2 Å². The van der Waals surface area contributed by atoms with Gasteiger partial charge in [0.25, 0.3) is 0 Å². The molecule has 0 fully saturated rings. The van der Waals surface area contributed by atoms with Crippen LogP contribution in [0.3, 0.4) is 0 Å². The third-order valence-electron chi connectivity index (χ3n) is 3.46. The molecular formula is C18H21BrN2O. The summed E-state index contributed by atoms with van der Waals surface area (Å²) < 4.78 is 1.07. The molecule has 0 bridgehead atoms. The third-order valence-corrected chi connectivity index (χ3v) is 4.23. The van der Waals surface area contributed by atoms with Crippen LogP contribution < -0.4 is 5.32 Å². The highest BCUT2D eigenvalue weighted by atomic mass is 79.9. The van der Waals surface area contributed by atoms with Crippen LogP contribution in [0.1, 0.15) is 18.1 Å². The van der Waals surface area contributed by atoms with E-state index < -0.39 is 0 Å². The summed E-state index contributed by atoms with van der Waals surface area (Å²) in [6, 6.07) is 16.0. The molecule has 0 saturated heterocycles. The van der Waals surface area contributed by atoms with Crippen molar-refractivity contribution in [3.05, 3.63) is 64.1 Å². The third kappa shape index (κ3) is 4.97. The number of amides is 1. The van der Waals surface area contributed by atoms with Gasteiger partial charge in [-0.15, -0.1) is 0 Å². The number of nitrogens with zero attached hydrogens (tertiary/aromatic N) is 1. The van der Waals surface area contributed by atoms with Crippen LogP contribution in [0.4, 0.5) is 5.69 Å². The molecule has 0 saturated carbocycles. The van der Waals surface area contributed by atoms with Crippen LogP contribution in [-0.4, -0.2) is 24.4 Å². The Kier molecular flexibility index (Phi) is 6.16. The number of anilines is 1. The monoisotopic (exact) mass is 360 g/mol. The summed E-state index contributed by atoms with van der Waals surface area (Å²) >= 11 is 3.53. The van der Waals surface area contributed by atoms with Gasteiger partial charge in [0, 0.05) is 16.7 Å². The summed E-state index contributed by atoms with van der Waals surface area (Å²) in [6.07, 6.45) is 1.00. The minimum absolute atomic E-state index is 0.00111. The maximum absolute atomic E-state index is 12.1. The van der Waals surface area contributed by atoms with Gasteiger partial charge in [-0.2, -0.15) is 0 Å². The second-order valence-electron chi connectivity index (χ2n) is 5.36. The lowest BCUT2D eigenvalue weighted by atomic mass is 10.1. The van der Waals surface area contributed by atoms with Crippen molar-refractivity contribution in [1.82, 2.24) is 4.90 Å². The Bertz CT molecular complexity index is 625. The number of halogens is 1. The van der Waals surface area contributed by atoms with E-state index in [4.69, 9.17) is 0 Å². The molecule has 3 nitrogen and oxygen atoms in total. The van der Waals surface area contributed by atoms with Crippen LogP contribution in [0.2, 0.25) is 0 Å². The first-order valence-electron chi connectivity index (χ1n) is 7.39. The van der Waals surface area contributed by atoms with E-state index in [1.54, 1.807) is 0 Å². The number of hydrogen-bond acceptors (Lipinski definition) is 2. The number of carbonyl (C=O) groups is 1. The van der Waals surface area contributed by atoms with Crippen molar-refractivity contribution < 1.29 is 4.79 Å². The predicted molar refractivity (Wildman–Crippen MR) is 94.9 cm³/mol. The van der Waals surface area contributed by atoms with Gasteiger partial charge >= 0.3 is 0 Å². The molecule has 0 aromatic heterocycles. The first-order valence-corrected chi connectivity index (χ1v) is 8.18. The average Bonchev–Trinajstić information content (AvgIpc) is 2.50. The molecule has 2 aromatic rings. The van der Waals surface area contributed by atoms with Crippen LogP contribution in [0, 0.1) is 0 Å². The van der Waals surface area contributed by atoms with Gasteiger partial charge < -0.3 is 5.32 Å². The summed E-state index contributed by atoms with van der Waals surface area (Å²) in [5.41, 5.74) is 3.28. The molecule has 0 aliphatic carbocycles. The Hall–Kier alpha value is -1.65. The summed E-state index contributed by atoms with van der Waals surface area (Å²) in [4.78, 5) is 14.1. The predicted octanol–water partition coefficient (Wildman–Crippen LogP) is 4.08. The lowest BCUT2D eigenvalue weighted by Gasteiger charge is -2.17. The standard InChI is InChI=1S/C18H21BrN2O/c1-3-14-8-10-16(11-9-14)20-18(22)13-21(2)12-15-6-4-5-7-17(15)19/h4-11H,3,12-13H2,1-2H3,(H,20,22). The highest BCUT2D eigenvalue weighted by Gasteiger charge is 2.09. The van der Waals surface area contributed by atoms with Crippen LogP contribution in [0.25, 0.3) is 0 Å². The van der Waals surface area contributed by atoms with Crippen molar-refractivity contribution >= 4 is 27.5 Å². The van der Waals surface area contributed by atoms with Gasteiger partial charge in [-0.3, -0.25) is 9.69 Å². The fraction of sp³-hybridized carbons (Fsp3) is 0.278. The molecule has 0 spiro atoms. The molecular weight excluding hydrogens is 340 g/mol. The number of nitrogens with one attached hydrogen (secondary N) is 1. The SMILES string of the molecule is CCc1ccc(NC(=O)CN(C)Cc2ccccc2Br)cc1. The second kappa shape index (κ2) is 8.11. The van der Waals surface area contributed by atoms with E-state index in [1.807, 2.05) is 54.4 Å². The van der Waals surface area contributed by atoms with Crippen molar-refractivity contribution in [2.45, 2.75) is 19.9 Å². The Labute approximate surface area is 140 Å². The summed E-state index contributed by atoms with van der Waals surface area (Å²) in [5.74, 6) is -0.00111. The summed E-state index contributed by atoms with van der Waals surface area (Å²) in [6.45, 7) is 3.20. The van der Waals surface area contributed by atoms with Crippen LogP contribution in [-0.2, 0) is 17.8 Å². The van der Waals surface area contributed by atoms with Gasteiger partial charge in [-0.25, -0.2) is 0 Å². The zero-order valence-electron chi connectivity index (χ0n) is 13.0. The largest absolute Gasteiger partial charge is 0.325 e. The highest BCUT2D eigenvalue weighted by Crippen LogP contribution is 2.17. The quantitative estimate of drug-likeness (QED) is 0.841. The van der Waals surface area contributed by atoms with Crippen molar-refractivity contribution in [3.8, 4) is 0 Å². The Balaban J connectivity index is 1.87. The van der Waals surface area contributed by atoms with E-state index >= 15 is 0 Å². The Morgan fingerprint density at radius 3 is 2.45 bits per heavy atom. The molecule has 1 N–H and O–H groups in total. The number of carbonyl (C=O) groups excluding carboxylic acids is 1. The van der Waals surface area contributed by atoms with Crippen LogP contribution in [0.15, 0.2) is 53.0 Å².